The van der Waals surface area contributed by atoms with Crippen LogP contribution in [0.5, 0.6) is 0 Å². The molecule has 0 unspecified atom stereocenters. The first kappa shape index (κ1) is 13.4. The van der Waals surface area contributed by atoms with Gasteiger partial charge in [0.1, 0.15) is 12.3 Å². The molecule has 1 rings (SSSR count). The summed E-state index contributed by atoms with van der Waals surface area (Å²) in [5, 5.41) is 0. The number of anilines is 1. The Labute approximate surface area is 101 Å². The monoisotopic (exact) mass is 238 g/mol. The van der Waals surface area contributed by atoms with Gasteiger partial charge in [-0.2, -0.15) is 0 Å². The summed E-state index contributed by atoms with van der Waals surface area (Å²) in [4.78, 5) is 15.3. The average Bonchev–Trinajstić information content (AvgIpc) is 2.29. The SMILES string of the molecule is CC(C)COCCOC(=O)c1ccc(N)cn1. The Morgan fingerprint density at radius 1 is 1.41 bits per heavy atom. The van der Waals surface area contributed by atoms with Crippen molar-refractivity contribution in [2.45, 2.75) is 13.8 Å². The lowest BCUT2D eigenvalue weighted by molar-refractivity contribution is 0.0272. The molecule has 0 amide bonds. The molecule has 1 aromatic heterocycles. The Morgan fingerprint density at radius 2 is 2.18 bits per heavy atom. The summed E-state index contributed by atoms with van der Waals surface area (Å²) in [7, 11) is 0. The molecule has 0 aliphatic carbocycles. The molecule has 0 aliphatic heterocycles. The van der Waals surface area contributed by atoms with Crippen LogP contribution in [0, 0.1) is 5.92 Å². The van der Waals surface area contributed by atoms with Crippen LogP contribution in [0.1, 0.15) is 24.3 Å². The van der Waals surface area contributed by atoms with Crippen LogP contribution in [0.4, 0.5) is 5.69 Å². The molecule has 0 aliphatic rings. The normalized spacial score (nSPS) is 10.5. The van der Waals surface area contributed by atoms with Crippen molar-refractivity contribution in [1.82, 2.24) is 4.98 Å². The van der Waals surface area contributed by atoms with Gasteiger partial charge in [0.2, 0.25) is 0 Å². The van der Waals surface area contributed by atoms with E-state index in [0.29, 0.717) is 24.8 Å². The van der Waals surface area contributed by atoms with Crippen molar-refractivity contribution < 1.29 is 14.3 Å². The molecule has 5 nitrogen and oxygen atoms in total. The van der Waals surface area contributed by atoms with E-state index in [1.165, 1.54) is 12.3 Å². The van der Waals surface area contributed by atoms with E-state index < -0.39 is 5.97 Å². The van der Waals surface area contributed by atoms with Gasteiger partial charge in [0, 0.05) is 6.61 Å². The number of nitrogens with zero attached hydrogens (tertiary/aromatic N) is 1. The highest BCUT2D eigenvalue weighted by atomic mass is 16.6. The second-order valence-electron chi connectivity index (χ2n) is 4.08. The third-order valence-corrected chi connectivity index (χ3v) is 1.91. The summed E-state index contributed by atoms with van der Waals surface area (Å²) >= 11 is 0. The number of ether oxygens (including phenoxy) is 2. The van der Waals surface area contributed by atoms with E-state index in [2.05, 4.69) is 18.8 Å². The zero-order valence-electron chi connectivity index (χ0n) is 10.2. The number of nitrogen functional groups attached to an aromatic ring is 1. The van der Waals surface area contributed by atoms with Crippen molar-refractivity contribution in [2.24, 2.45) is 5.92 Å². The molecule has 5 heteroatoms. The van der Waals surface area contributed by atoms with Gasteiger partial charge in [-0.15, -0.1) is 0 Å². The second-order valence-corrected chi connectivity index (χ2v) is 4.08. The second kappa shape index (κ2) is 6.85. The van der Waals surface area contributed by atoms with Crippen LogP contribution in [0.3, 0.4) is 0 Å². The number of rotatable bonds is 6. The molecule has 0 aromatic carbocycles. The van der Waals surface area contributed by atoms with Crippen molar-refractivity contribution >= 4 is 11.7 Å². The summed E-state index contributed by atoms with van der Waals surface area (Å²) in [6.45, 7) is 5.42. The van der Waals surface area contributed by atoms with Crippen LogP contribution in [-0.4, -0.2) is 30.8 Å². The minimum Gasteiger partial charge on any atom is -0.459 e. The van der Waals surface area contributed by atoms with E-state index in [1.54, 1.807) is 6.07 Å². The van der Waals surface area contributed by atoms with Crippen LogP contribution in [0.15, 0.2) is 18.3 Å². The first-order valence-electron chi connectivity index (χ1n) is 5.56. The van der Waals surface area contributed by atoms with E-state index >= 15 is 0 Å². The van der Waals surface area contributed by atoms with Crippen molar-refractivity contribution in [3.63, 3.8) is 0 Å². The van der Waals surface area contributed by atoms with Gasteiger partial charge >= 0.3 is 5.97 Å². The Hall–Kier alpha value is -1.62. The van der Waals surface area contributed by atoms with Gasteiger partial charge in [0.25, 0.3) is 0 Å². The van der Waals surface area contributed by atoms with Gasteiger partial charge in [-0.05, 0) is 18.1 Å². The van der Waals surface area contributed by atoms with Gasteiger partial charge < -0.3 is 15.2 Å². The third kappa shape index (κ3) is 5.31. The lowest BCUT2D eigenvalue weighted by atomic mass is 10.2. The smallest absolute Gasteiger partial charge is 0.356 e. The number of pyridine rings is 1. The molecule has 94 valence electrons. The lowest BCUT2D eigenvalue weighted by Gasteiger charge is -2.07. The number of carbonyl (C=O) groups is 1. The molecule has 0 atom stereocenters. The first-order chi connectivity index (χ1) is 8.09. The lowest BCUT2D eigenvalue weighted by Crippen LogP contribution is -2.13. The molecule has 0 spiro atoms. The van der Waals surface area contributed by atoms with Crippen molar-refractivity contribution in [3.8, 4) is 0 Å². The van der Waals surface area contributed by atoms with Crippen LogP contribution in [0.25, 0.3) is 0 Å². The quantitative estimate of drug-likeness (QED) is 0.600. The Bertz CT molecular complexity index is 349. The first-order valence-corrected chi connectivity index (χ1v) is 5.56. The minimum absolute atomic E-state index is 0.234. The summed E-state index contributed by atoms with van der Waals surface area (Å²) in [5.41, 5.74) is 6.23. The number of esters is 1. The Morgan fingerprint density at radius 3 is 2.76 bits per heavy atom. The standard InChI is InChI=1S/C12H18N2O3/c1-9(2)8-16-5-6-17-12(15)11-4-3-10(13)7-14-11/h3-4,7,9H,5-6,8,13H2,1-2H3. The molecular formula is C12H18N2O3. The minimum atomic E-state index is -0.460. The number of nitrogens with two attached hydrogens (primary N) is 1. The highest BCUT2D eigenvalue weighted by Crippen LogP contribution is 2.02. The molecule has 1 heterocycles. The molecule has 0 bridgehead atoms. The van der Waals surface area contributed by atoms with E-state index in [9.17, 15) is 4.79 Å². The van der Waals surface area contributed by atoms with Crippen LogP contribution in [-0.2, 0) is 9.47 Å². The zero-order chi connectivity index (χ0) is 12.7. The zero-order valence-corrected chi connectivity index (χ0v) is 10.2. The van der Waals surface area contributed by atoms with Crippen LogP contribution < -0.4 is 5.73 Å². The molecule has 0 saturated heterocycles. The number of hydrogen-bond donors (Lipinski definition) is 1. The van der Waals surface area contributed by atoms with E-state index in [4.69, 9.17) is 15.2 Å². The highest BCUT2D eigenvalue weighted by Gasteiger charge is 2.07. The fraction of sp³-hybridized carbons (Fsp3) is 0.500. The predicted octanol–water partition coefficient (Wildman–Crippen LogP) is 1.49. The Balaban J connectivity index is 2.23. The van der Waals surface area contributed by atoms with Crippen LogP contribution in [0.2, 0.25) is 0 Å². The van der Waals surface area contributed by atoms with Crippen molar-refractivity contribution in [1.29, 1.82) is 0 Å². The third-order valence-electron chi connectivity index (χ3n) is 1.91. The average molecular weight is 238 g/mol. The van der Waals surface area contributed by atoms with Gasteiger partial charge in [0.05, 0.1) is 18.5 Å². The molecular weight excluding hydrogens is 220 g/mol. The summed E-state index contributed by atoms with van der Waals surface area (Å²) < 4.78 is 10.3. The molecule has 0 saturated carbocycles. The fourth-order valence-electron chi connectivity index (χ4n) is 1.11. The largest absolute Gasteiger partial charge is 0.459 e. The van der Waals surface area contributed by atoms with E-state index in [1.807, 2.05) is 0 Å². The number of aromatic nitrogens is 1. The molecule has 1 aromatic rings. The highest BCUT2D eigenvalue weighted by molar-refractivity contribution is 5.87. The molecule has 17 heavy (non-hydrogen) atoms. The summed E-state index contributed by atoms with van der Waals surface area (Å²) in [5.74, 6) is 0.0163. The van der Waals surface area contributed by atoms with E-state index in [0.717, 1.165) is 0 Å². The molecule has 0 fully saturated rings. The summed E-state index contributed by atoms with van der Waals surface area (Å²) in [6, 6.07) is 3.14. The van der Waals surface area contributed by atoms with Gasteiger partial charge in [-0.25, -0.2) is 9.78 Å². The summed E-state index contributed by atoms with van der Waals surface area (Å²) in [6.07, 6.45) is 1.42. The van der Waals surface area contributed by atoms with E-state index in [-0.39, 0.29) is 12.3 Å². The maximum absolute atomic E-state index is 11.5. The van der Waals surface area contributed by atoms with Crippen molar-refractivity contribution in [2.75, 3.05) is 25.6 Å². The molecule has 2 N–H and O–H groups in total. The number of carbonyl (C=O) groups excluding carboxylic acids is 1. The maximum atomic E-state index is 11.5. The fourth-order valence-corrected chi connectivity index (χ4v) is 1.11. The predicted molar refractivity (Wildman–Crippen MR) is 64.6 cm³/mol. The van der Waals surface area contributed by atoms with Crippen molar-refractivity contribution in [3.05, 3.63) is 24.0 Å². The Kier molecular flexibility index (Phi) is 5.42. The molecule has 0 radical (unpaired) electrons. The number of hydrogen-bond acceptors (Lipinski definition) is 5. The van der Waals surface area contributed by atoms with Gasteiger partial charge in [-0.1, -0.05) is 13.8 Å². The van der Waals surface area contributed by atoms with Crippen LogP contribution >= 0.6 is 0 Å². The maximum Gasteiger partial charge on any atom is 0.356 e. The topological polar surface area (TPSA) is 74.4 Å². The van der Waals surface area contributed by atoms with Gasteiger partial charge in [0.15, 0.2) is 0 Å². The van der Waals surface area contributed by atoms with Gasteiger partial charge in [-0.3, -0.25) is 0 Å².